The molecule has 1 heterocycles. The van der Waals surface area contributed by atoms with Crippen LogP contribution in [0, 0.1) is 0 Å². The van der Waals surface area contributed by atoms with Crippen molar-refractivity contribution < 1.29 is 4.42 Å². The van der Waals surface area contributed by atoms with Gasteiger partial charge in [0.05, 0.1) is 0 Å². The maximum Gasteiger partial charge on any atom is 0.144 e. The fraction of sp³-hybridized carbons (Fsp3) is 0.333. The van der Waals surface area contributed by atoms with Crippen molar-refractivity contribution in [2.24, 2.45) is 0 Å². The molecule has 2 aromatic rings. The fourth-order valence-corrected chi connectivity index (χ4v) is 1.58. The van der Waals surface area contributed by atoms with Gasteiger partial charge in [-0.25, -0.2) is 0 Å². The topological polar surface area (TPSA) is 13.1 Å². The molecule has 0 saturated carbocycles. The Morgan fingerprint density at radius 1 is 1.21 bits per heavy atom. The van der Waals surface area contributed by atoms with Crippen LogP contribution in [0.1, 0.15) is 26.5 Å². The minimum absolute atomic E-state index is 0.0887. The standard InChI is InChI=1S/C12H15BO/c1-12(2,3)10-7-8-5-4-6-9(13)11(8)14-10/h4-7H,13H2,1-3H3. The van der Waals surface area contributed by atoms with E-state index in [1.807, 2.05) is 0 Å². The molecule has 0 fully saturated rings. The summed E-state index contributed by atoms with van der Waals surface area (Å²) in [6, 6.07) is 8.39. The molecule has 0 amide bonds. The van der Waals surface area contributed by atoms with Crippen LogP contribution >= 0.6 is 0 Å². The van der Waals surface area contributed by atoms with E-state index < -0.39 is 0 Å². The van der Waals surface area contributed by atoms with Gasteiger partial charge in [0.2, 0.25) is 0 Å². The second kappa shape index (κ2) is 2.91. The molecule has 0 radical (unpaired) electrons. The van der Waals surface area contributed by atoms with E-state index in [4.69, 9.17) is 4.42 Å². The molecule has 2 rings (SSSR count). The molecule has 0 unspecified atom stereocenters. The summed E-state index contributed by atoms with van der Waals surface area (Å²) in [4.78, 5) is 0. The molecule has 0 aliphatic carbocycles. The third-order valence-electron chi connectivity index (χ3n) is 2.48. The van der Waals surface area contributed by atoms with E-state index in [0.717, 1.165) is 11.3 Å². The van der Waals surface area contributed by atoms with Crippen molar-refractivity contribution in [3.05, 3.63) is 30.0 Å². The van der Waals surface area contributed by atoms with Gasteiger partial charge < -0.3 is 4.42 Å². The third-order valence-corrected chi connectivity index (χ3v) is 2.48. The SMILES string of the molecule is Bc1cccc2cc(C(C)(C)C)oc12. The highest BCUT2D eigenvalue weighted by Gasteiger charge is 2.18. The molecule has 0 atom stereocenters. The minimum Gasteiger partial charge on any atom is -0.461 e. The van der Waals surface area contributed by atoms with Crippen LogP contribution < -0.4 is 5.46 Å². The number of benzene rings is 1. The van der Waals surface area contributed by atoms with Crippen molar-refractivity contribution >= 4 is 24.3 Å². The van der Waals surface area contributed by atoms with Crippen LogP contribution in [0.25, 0.3) is 11.0 Å². The van der Waals surface area contributed by atoms with E-state index in [0.29, 0.717) is 0 Å². The van der Waals surface area contributed by atoms with Gasteiger partial charge in [-0.15, -0.1) is 0 Å². The molecule has 0 spiro atoms. The van der Waals surface area contributed by atoms with Crippen molar-refractivity contribution in [2.75, 3.05) is 0 Å². The Morgan fingerprint density at radius 3 is 2.50 bits per heavy atom. The highest BCUT2D eigenvalue weighted by atomic mass is 16.3. The lowest BCUT2D eigenvalue weighted by atomic mass is 9.92. The maximum atomic E-state index is 5.86. The summed E-state index contributed by atoms with van der Waals surface area (Å²) >= 11 is 0. The number of hydrogen-bond acceptors (Lipinski definition) is 1. The molecular weight excluding hydrogens is 171 g/mol. The van der Waals surface area contributed by atoms with E-state index in [2.05, 4.69) is 52.9 Å². The Hall–Kier alpha value is -1.18. The van der Waals surface area contributed by atoms with Crippen LogP contribution in [0.3, 0.4) is 0 Å². The Balaban J connectivity index is 2.69. The van der Waals surface area contributed by atoms with Crippen molar-refractivity contribution in [3.8, 4) is 0 Å². The van der Waals surface area contributed by atoms with Crippen molar-refractivity contribution in [1.29, 1.82) is 0 Å². The normalized spacial score (nSPS) is 12.2. The fourth-order valence-electron chi connectivity index (χ4n) is 1.58. The summed E-state index contributed by atoms with van der Waals surface area (Å²) < 4.78 is 5.86. The smallest absolute Gasteiger partial charge is 0.144 e. The molecule has 0 bridgehead atoms. The molecule has 0 N–H and O–H groups in total. The monoisotopic (exact) mass is 186 g/mol. The molecule has 0 aliphatic heterocycles. The van der Waals surface area contributed by atoms with Crippen molar-refractivity contribution in [3.63, 3.8) is 0 Å². The number of hydrogen-bond donors (Lipinski definition) is 0. The Labute approximate surface area is 85.5 Å². The van der Waals surface area contributed by atoms with Crippen LogP contribution in [-0.2, 0) is 5.41 Å². The predicted octanol–water partition coefficient (Wildman–Crippen LogP) is 1.99. The van der Waals surface area contributed by atoms with Crippen LogP contribution in [0.2, 0.25) is 0 Å². The molecule has 1 aromatic carbocycles. The second-order valence-corrected chi connectivity index (χ2v) is 4.85. The van der Waals surface area contributed by atoms with Gasteiger partial charge in [0, 0.05) is 10.8 Å². The molecule has 1 aromatic heterocycles. The van der Waals surface area contributed by atoms with E-state index in [-0.39, 0.29) is 5.41 Å². The first-order valence-electron chi connectivity index (χ1n) is 4.98. The first-order valence-corrected chi connectivity index (χ1v) is 4.98. The lowest BCUT2D eigenvalue weighted by Gasteiger charge is -2.13. The van der Waals surface area contributed by atoms with E-state index in [1.54, 1.807) is 0 Å². The zero-order chi connectivity index (χ0) is 10.3. The Kier molecular flexibility index (Phi) is 1.95. The summed E-state index contributed by atoms with van der Waals surface area (Å²) in [5.74, 6) is 1.06. The van der Waals surface area contributed by atoms with Gasteiger partial charge in [0.1, 0.15) is 19.2 Å². The summed E-state index contributed by atoms with van der Waals surface area (Å²) in [7, 11) is 2.08. The molecular formula is C12H15BO. The van der Waals surface area contributed by atoms with Crippen LogP contribution in [0.15, 0.2) is 28.7 Å². The summed E-state index contributed by atoms with van der Waals surface area (Å²) in [5, 5.41) is 1.20. The number of para-hydroxylation sites is 1. The number of furan rings is 1. The number of rotatable bonds is 0. The Morgan fingerprint density at radius 2 is 1.93 bits per heavy atom. The predicted molar refractivity (Wildman–Crippen MR) is 63.1 cm³/mol. The van der Waals surface area contributed by atoms with Crippen LogP contribution in [-0.4, -0.2) is 7.85 Å². The van der Waals surface area contributed by atoms with Gasteiger partial charge in [-0.2, -0.15) is 0 Å². The van der Waals surface area contributed by atoms with Gasteiger partial charge in [-0.3, -0.25) is 0 Å². The molecule has 0 aliphatic rings. The van der Waals surface area contributed by atoms with Gasteiger partial charge in [0.15, 0.2) is 0 Å². The van der Waals surface area contributed by atoms with Crippen molar-refractivity contribution in [1.82, 2.24) is 0 Å². The summed E-state index contributed by atoms with van der Waals surface area (Å²) in [6.45, 7) is 6.50. The lowest BCUT2D eigenvalue weighted by molar-refractivity contribution is 0.431. The average Bonchev–Trinajstić information content (AvgIpc) is 2.48. The van der Waals surface area contributed by atoms with E-state index in [9.17, 15) is 0 Å². The lowest BCUT2D eigenvalue weighted by Crippen LogP contribution is -2.09. The van der Waals surface area contributed by atoms with Crippen molar-refractivity contribution in [2.45, 2.75) is 26.2 Å². The molecule has 72 valence electrons. The highest BCUT2D eigenvalue weighted by Crippen LogP contribution is 2.27. The molecule has 14 heavy (non-hydrogen) atoms. The maximum absolute atomic E-state index is 5.86. The molecule has 1 nitrogen and oxygen atoms in total. The number of fused-ring (bicyclic) bond motifs is 1. The molecule has 2 heteroatoms. The second-order valence-electron chi connectivity index (χ2n) is 4.85. The van der Waals surface area contributed by atoms with Crippen LogP contribution in [0.4, 0.5) is 0 Å². The van der Waals surface area contributed by atoms with Gasteiger partial charge in [0.25, 0.3) is 0 Å². The van der Waals surface area contributed by atoms with Gasteiger partial charge >= 0.3 is 0 Å². The van der Waals surface area contributed by atoms with E-state index >= 15 is 0 Å². The average molecular weight is 186 g/mol. The van der Waals surface area contributed by atoms with Gasteiger partial charge in [-0.1, -0.05) is 39.0 Å². The quantitative estimate of drug-likeness (QED) is 0.573. The van der Waals surface area contributed by atoms with Crippen LogP contribution in [0.5, 0.6) is 0 Å². The largest absolute Gasteiger partial charge is 0.461 e. The minimum atomic E-state index is 0.0887. The molecule has 0 saturated heterocycles. The zero-order valence-electron chi connectivity index (χ0n) is 9.22. The summed E-state index contributed by atoms with van der Waals surface area (Å²) in [5.41, 5.74) is 2.32. The van der Waals surface area contributed by atoms with E-state index in [1.165, 1.54) is 10.8 Å². The third kappa shape index (κ3) is 1.45. The first kappa shape index (κ1) is 9.38. The Bertz CT molecular complexity index is 463. The zero-order valence-corrected chi connectivity index (χ0v) is 9.22. The van der Waals surface area contributed by atoms with Gasteiger partial charge in [-0.05, 0) is 11.5 Å². The highest BCUT2D eigenvalue weighted by molar-refractivity contribution is 6.37. The summed E-state index contributed by atoms with van der Waals surface area (Å²) in [6.07, 6.45) is 0. The first-order chi connectivity index (χ1) is 6.48.